The first-order valence-electron chi connectivity index (χ1n) is 6.44. The SMILES string of the molecule is Cc1cc(C)cc(CC(Cc2ncnn2C)NN)c1. The van der Waals surface area contributed by atoms with E-state index >= 15 is 0 Å². The molecule has 2 rings (SSSR count). The van der Waals surface area contributed by atoms with Crippen molar-refractivity contribution in [2.45, 2.75) is 32.7 Å². The Hall–Kier alpha value is -1.72. The van der Waals surface area contributed by atoms with Gasteiger partial charge in [0.25, 0.3) is 0 Å². The highest BCUT2D eigenvalue weighted by Crippen LogP contribution is 2.12. The van der Waals surface area contributed by atoms with Gasteiger partial charge < -0.3 is 0 Å². The Morgan fingerprint density at radius 2 is 1.89 bits per heavy atom. The van der Waals surface area contributed by atoms with Gasteiger partial charge in [0.2, 0.25) is 0 Å². The smallest absolute Gasteiger partial charge is 0.138 e. The topological polar surface area (TPSA) is 68.8 Å². The Balaban J connectivity index is 2.08. The van der Waals surface area contributed by atoms with Gasteiger partial charge in [-0.3, -0.25) is 16.0 Å². The number of nitrogens with two attached hydrogens (primary N) is 1. The Morgan fingerprint density at radius 3 is 2.42 bits per heavy atom. The molecule has 0 saturated carbocycles. The van der Waals surface area contributed by atoms with Crippen molar-refractivity contribution in [3.8, 4) is 0 Å². The summed E-state index contributed by atoms with van der Waals surface area (Å²) in [6, 6.07) is 6.74. The fourth-order valence-corrected chi connectivity index (χ4v) is 2.39. The summed E-state index contributed by atoms with van der Waals surface area (Å²) in [5.74, 6) is 6.59. The van der Waals surface area contributed by atoms with Crippen molar-refractivity contribution in [2.24, 2.45) is 12.9 Å². The molecule has 2 aromatic rings. The number of aromatic nitrogens is 3. The third-order valence-electron chi connectivity index (χ3n) is 3.23. The van der Waals surface area contributed by atoms with Gasteiger partial charge >= 0.3 is 0 Å². The Labute approximate surface area is 113 Å². The molecule has 1 atom stereocenters. The highest BCUT2D eigenvalue weighted by atomic mass is 15.3. The van der Waals surface area contributed by atoms with Crippen molar-refractivity contribution in [1.82, 2.24) is 20.2 Å². The largest absolute Gasteiger partial charge is 0.271 e. The number of hydrogen-bond acceptors (Lipinski definition) is 4. The standard InChI is InChI=1S/C14H21N5/c1-10-4-11(2)6-12(5-10)7-13(18-15)8-14-16-9-17-19(14)3/h4-6,9,13,18H,7-8,15H2,1-3H3. The van der Waals surface area contributed by atoms with Gasteiger partial charge in [0.05, 0.1) is 0 Å². The first-order valence-corrected chi connectivity index (χ1v) is 6.44. The average molecular weight is 259 g/mol. The molecule has 1 aromatic carbocycles. The predicted octanol–water partition coefficient (Wildman–Crippen LogP) is 1.05. The second kappa shape index (κ2) is 5.95. The minimum Gasteiger partial charge on any atom is -0.271 e. The second-order valence-electron chi connectivity index (χ2n) is 5.07. The molecule has 0 bridgehead atoms. The quantitative estimate of drug-likeness (QED) is 0.622. The monoisotopic (exact) mass is 259 g/mol. The molecule has 1 aromatic heterocycles. The van der Waals surface area contributed by atoms with Crippen molar-refractivity contribution < 1.29 is 0 Å². The van der Waals surface area contributed by atoms with E-state index in [0.29, 0.717) is 0 Å². The predicted molar refractivity (Wildman–Crippen MR) is 75.4 cm³/mol. The third kappa shape index (κ3) is 3.62. The van der Waals surface area contributed by atoms with Crippen LogP contribution < -0.4 is 11.3 Å². The number of benzene rings is 1. The number of hydrazine groups is 1. The Bertz CT molecular complexity index is 526. The number of aryl methyl sites for hydroxylation is 3. The number of nitrogens with zero attached hydrogens (tertiary/aromatic N) is 3. The van der Waals surface area contributed by atoms with Crippen molar-refractivity contribution >= 4 is 0 Å². The molecule has 3 N–H and O–H groups in total. The summed E-state index contributed by atoms with van der Waals surface area (Å²) in [4.78, 5) is 4.24. The Kier molecular flexibility index (Phi) is 4.29. The summed E-state index contributed by atoms with van der Waals surface area (Å²) < 4.78 is 1.78. The summed E-state index contributed by atoms with van der Waals surface area (Å²) in [6.07, 6.45) is 3.21. The lowest BCUT2D eigenvalue weighted by Gasteiger charge is -2.16. The molecule has 0 spiro atoms. The molecule has 1 unspecified atom stereocenters. The maximum atomic E-state index is 5.66. The lowest BCUT2D eigenvalue weighted by molar-refractivity contribution is 0.499. The van der Waals surface area contributed by atoms with Gasteiger partial charge in [-0.25, -0.2) is 4.98 Å². The summed E-state index contributed by atoms with van der Waals surface area (Å²) in [6.45, 7) is 4.23. The molecular weight excluding hydrogens is 238 g/mol. The van der Waals surface area contributed by atoms with Crippen LogP contribution in [0.25, 0.3) is 0 Å². The zero-order chi connectivity index (χ0) is 13.8. The van der Waals surface area contributed by atoms with Crippen molar-refractivity contribution in [3.05, 3.63) is 47.0 Å². The maximum Gasteiger partial charge on any atom is 0.138 e. The van der Waals surface area contributed by atoms with Gasteiger partial charge in [-0.05, 0) is 25.8 Å². The van der Waals surface area contributed by atoms with Crippen LogP contribution in [0.15, 0.2) is 24.5 Å². The molecule has 5 heteroatoms. The average Bonchev–Trinajstić information content (AvgIpc) is 2.73. The zero-order valence-corrected chi connectivity index (χ0v) is 11.7. The zero-order valence-electron chi connectivity index (χ0n) is 11.7. The minimum atomic E-state index is 0.157. The van der Waals surface area contributed by atoms with E-state index in [1.165, 1.54) is 16.7 Å². The fraction of sp³-hybridized carbons (Fsp3) is 0.429. The molecule has 0 radical (unpaired) electrons. The van der Waals surface area contributed by atoms with E-state index in [0.717, 1.165) is 18.7 Å². The van der Waals surface area contributed by atoms with E-state index in [1.807, 2.05) is 7.05 Å². The molecule has 0 amide bonds. The molecule has 19 heavy (non-hydrogen) atoms. The van der Waals surface area contributed by atoms with E-state index in [1.54, 1.807) is 11.0 Å². The van der Waals surface area contributed by atoms with Crippen LogP contribution in [0.4, 0.5) is 0 Å². The Morgan fingerprint density at radius 1 is 1.21 bits per heavy atom. The van der Waals surface area contributed by atoms with Crippen molar-refractivity contribution in [1.29, 1.82) is 0 Å². The fourth-order valence-electron chi connectivity index (χ4n) is 2.39. The molecule has 0 aliphatic rings. The van der Waals surface area contributed by atoms with Gasteiger partial charge in [-0.2, -0.15) is 5.10 Å². The molecule has 5 nitrogen and oxygen atoms in total. The van der Waals surface area contributed by atoms with Crippen LogP contribution in [0.3, 0.4) is 0 Å². The molecule has 102 valence electrons. The van der Waals surface area contributed by atoms with Crippen molar-refractivity contribution in [2.75, 3.05) is 0 Å². The van der Waals surface area contributed by atoms with Gasteiger partial charge in [0, 0.05) is 19.5 Å². The van der Waals surface area contributed by atoms with E-state index in [4.69, 9.17) is 5.84 Å². The summed E-state index contributed by atoms with van der Waals surface area (Å²) >= 11 is 0. The van der Waals surface area contributed by atoms with Gasteiger partial charge in [0.15, 0.2) is 0 Å². The molecule has 0 aliphatic heterocycles. The van der Waals surface area contributed by atoms with Crippen LogP contribution in [-0.2, 0) is 19.9 Å². The molecule has 0 aliphatic carbocycles. The minimum absolute atomic E-state index is 0.157. The lowest BCUT2D eigenvalue weighted by atomic mass is 9.99. The summed E-state index contributed by atoms with van der Waals surface area (Å²) in [7, 11) is 1.90. The maximum absolute atomic E-state index is 5.66. The van der Waals surface area contributed by atoms with Crippen LogP contribution >= 0.6 is 0 Å². The summed E-state index contributed by atoms with van der Waals surface area (Å²) in [5.41, 5.74) is 6.73. The molecular formula is C14H21N5. The highest BCUT2D eigenvalue weighted by molar-refractivity contribution is 5.29. The van der Waals surface area contributed by atoms with Crippen LogP contribution in [0.1, 0.15) is 22.5 Å². The molecule has 0 saturated heterocycles. The van der Waals surface area contributed by atoms with Crippen LogP contribution in [0, 0.1) is 13.8 Å². The van der Waals surface area contributed by atoms with E-state index in [2.05, 4.69) is 47.6 Å². The normalized spacial score (nSPS) is 12.6. The van der Waals surface area contributed by atoms with Gasteiger partial charge in [-0.1, -0.05) is 29.3 Å². The van der Waals surface area contributed by atoms with Crippen LogP contribution in [-0.4, -0.2) is 20.8 Å². The first-order chi connectivity index (χ1) is 9.08. The van der Waals surface area contributed by atoms with Crippen LogP contribution in [0.5, 0.6) is 0 Å². The highest BCUT2D eigenvalue weighted by Gasteiger charge is 2.12. The van der Waals surface area contributed by atoms with Gasteiger partial charge in [0.1, 0.15) is 12.2 Å². The molecule has 0 fully saturated rings. The third-order valence-corrected chi connectivity index (χ3v) is 3.23. The van der Waals surface area contributed by atoms with Gasteiger partial charge in [-0.15, -0.1) is 0 Å². The van der Waals surface area contributed by atoms with E-state index in [9.17, 15) is 0 Å². The lowest BCUT2D eigenvalue weighted by Crippen LogP contribution is -2.39. The number of hydrogen-bond donors (Lipinski definition) is 2. The molecule has 1 heterocycles. The second-order valence-corrected chi connectivity index (χ2v) is 5.07. The first kappa shape index (κ1) is 13.7. The number of nitrogens with one attached hydrogen (secondary N) is 1. The van der Waals surface area contributed by atoms with E-state index in [-0.39, 0.29) is 6.04 Å². The van der Waals surface area contributed by atoms with Crippen LogP contribution in [0.2, 0.25) is 0 Å². The van der Waals surface area contributed by atoms with E-state index < -0.39 is 0 Å². The summed E-state index contributed by atoms with van der Waals surface area (Å²) in [5, 5.41) is 4.08. The van der Waals surface area contributed by atoms with Crippen molar-refractivity contribution in [3.63, 3.8) is 0 Å². The number of rotatable bonds is 5.